The molecule has 0 aliphatic heterocycles. The van der Waals surface area contributed by atoms with E-state index in [9.17, 15) is 4.79 Å². The van der Waals surface area contributed by atoms with Gasteiger partial charge in [0.25, 0.3) is 0 Å². The van der Waals surface area contributed by atoms with E-state index in [1.54, 1.807) is 0 Å². The van der Waals surface area contributed by atoms with Crippen molar-refractivity contribution in [2.45, 2.75) is 117 Å². The van der Waals surface area contributed by atoms with Gasteiger partial charge in [-0.05, 0) is 31.6 Å². The third-order valence-electron chi connectivity index (χ3n) is 4.93. The fourth-order valence-corrected chi connectivity index (χ4v) is 3.60. The molecule has 2 nitrogen and oxygen atoms in total. The zero-order chi connectivity index (χ0) is 18.6. The summed E-state index contributed by atoms with van der Waals surface area (Å²) >= 11 is 3.43. The van der Waals surface area contributed by atoms with E-state index in [4.69, 9.17) is 4.74 Å². The topological polar surface area (TPSA) is 26.3 Å². The van der Waals surface area contributed by atoms with Crippen LogP contribution in [-0.4, -0.2) is 17.9 Å². The number of halogens is 1. The van der Waals surface area contributed by atoms with Gasteiger partial charge in [0, 0.05) is 11.8 Å². The summed E-state index contributed by atoms with van der Waals surface area (Å²) in [6, 6.07) is 0. The second kappa shape index (κ2) is 20.3. The molecule has 25 heavy (non-hydrogen) atoms. The van der Waals surface area contributed by atoms with Crippen LogP contribution in [0.3, 0.4) is 0 Å². The number of rotatable bonds is 19. The Kier molecular flexibility index (Phi) is 20.2. The van der Waals surface area contributed by atoms with Crippen LogP contribution in [0.15, 0.2) is 0 Å². The highest BCUT2D eigenvalue weighted by Gasteiger charge is 2.12. The highest BCUT2D eigenvalue weighted by Crippen LogP contribution is 2.20. The van der Waals surface area contributed by atoms with Crippen molar-refractivity contribution < 1.29 is 9.53 Å². The molecule has 0 heterocycles. The third-order valence-corrected chi connectivity index (χ3v) is 5.49. The van der Waals surface area contributed by atoms with Gasteiger partial charge < -0.3 is 4.74 Å². The minimum Gasteiger partial charge on any atom is -0.465 e. The quantitative estimate of drug-likeness (QED) is 0.121. The molecule has 0 saturated heterocycles. The summed E-state index contributed by atoms with van der Waals surface area (Å²) in [4.78, 5) is 11.9. The van der Waals surface area contributed by atoms with E-state index in [0.717, 1.165) is 24.6 Å². The summed E-state index contributed by atoms with van der Waals surface area (Å²) < 4.78 is 5.59. The molecule has 150 valence electrons. The Bertz CT molecular complexity index is 267. The van der Waals surface area contributed by atoms with Crippen LogP contribution in [0.4, 0.5) is 0 Å². The summed E-state index contributed by atoms with van der Waals surface area (Å²) in [6.45, 7) is 5.17. The lowest BCUT2D eigenvalue weighted by Gasteiger charge is -2.17. The molecule has 0 saturated carbocycles. The average molecular weight is 419 g/mol. The summed E-state index contributed by atoms with van der Waals surface area (Å²) in [5.74, 6) is 0.589. The van der Waals surface area contributed by atoms with Crippen molar-refractivity contribution in [3.05, 3.63) is 0 Å². The Hall–Kier alpha value is -0.0500. The lowest BCUT2D eigenvalue weighted by molar-refractivity contribution is -0.145. The smallest absolute Gasteiger partial charge is 0.305 e. The summed E-state index contributed by atoms with van der Waals surface area (Å²) in [5, 5.41) is 1.03. The van der Waals surface area contributed by atoms with E-state index in [0.29, 0.717) is 18.9 Å². The van der Waals surface area contributed by atoms with Gasteiger partial charge >= 0.3 is 5.97 Å². The van der Waals surface area contributed by atoms with Gasteiger partial charge in [-0.2, -0.15) is 0 Å². The molecule has 0 unspecified atom stereocenters. The van der Waals surface area contributed by atoms with Gasteiger partial charge in [0.15, 0.2) is 0 Å². The van der Waals surface area contributed by atoms with Crippen LogP contribution in [-0.2, 0) is 9.53 Å². The Morgan fingerprint density at radius 1 is 0.760 bits per heavy atom. The maximum atomic E-state index is 11.9. The number of ether oxygens (including phenoxy) is 1. The van der Waals surface area contributed by atoms with E-state index in [2.05, 4.69) is 29.8 Å². The molecular weight excluding hydrogens is 376 g/mol. The second-order valence-electron chi connectivity index (χ2n) is 7.45. The number of hydrogen-bond donors (Lipinski definition) is 0. The van der Waals surface area contributed by atoms with Crippen molar-refractivity contribution in [2.75, 3.05) is 11.9 Å². The Morgan fingerprint density at radius 3 is 1.80 bits per heavy atom. The molecule has 0 atom stereocenters. The first-order valence-electron chi connectivity index (χ1n) is 11.0. The van der Waals surface area contributed by atoms with Crippen molar-refractivity contribution in [3.8, 4) is 0 Å². The van der Waals surface area contributed by atoms with Crippen molar-refractivity contribution in [1.82, 2.24) is 0 Å². The molecule has 0 radical (unpaired) electrons. The molecule has 0 fully saturated rings. The SMILES string of the molecule is CCCCCCCC(CCCCCCC)COC(=O)CCCCCBr. The molecule has 0 aromatic heterocycles. The summed E-state index contributed by atoms with van der Waals surface area (Å²) in [6.07, 6.45) is 19.5. The van der Waals surface area contributed by atoms with Crippen LogP contribution in [0.25, 0.3) is 0 Å². The molecular formula is C22H43BrO2. The Balaban J connectivity index is 3.94. The number of carbonyl (C=O) groups excluding carboxylic acids is 1. The first-order valence-corrected chi connectivity index (χ1v) is 12.1. The normalized spacial score (nSPS) is 11.2. The number of esters is 1. The molecule has 0 amide bonds. The molecule has 0 spiro atoms. The minimum atomic E-state index is 0.0107. The number of hydrogen-bond acceptors (Lipinski definition) is 2. The van der Waals surface area contributed by atoms with Gasteiger partial charge in [-0.15, -0.1) is 0 Å². The molecule has 0 N–H and O–H groups in total. The van der Waals surface area contributed by atoms with E-state index in [1.807, 2.05) is 0 Å². The number of alkyl halides is 1. The first-order chi connectivity index (χ1) is 12.2. The van der Waals surface area contributed by atoms with Gasteiger partial charge in [0.05, 0.1) is 6.61 Å². The highest BCUT2D eigenvalue weighted by atomic mass is 79.9. The van der Waals surface area contributed by atoms with Gasteiger partial charge in [0.2, 0.25) is 0 Å². The van der Waals surface area contributed by atoms with E-state index in [1.165, 1.54) is 77.0 Å². The zero-order valence-corrected chi connectivity index (χ0v) is 18.6. The van der Waals surface area contributed by atoms with Crippen molar-refractivity contribution in [1.29, 1.82) is 0 Å². The standard InChI is InChI=1S/C22H43BrO2/c1-3-5-7-9-12-16-21(17-13-10-8-6-4-2)20-25-22(24)18-14-11-15-19-23/h21H,3-20H2,1-2H3. The van der Waals surface area contributed by atoms with Crippen molar-refractivity contribution in [2.24, 2.45) is 5.92 Å². The predicted molar refractivity (Wildman–Crippen MR) is 113 cm³/mol. The third kappa shape index (κ3) is 18.5. The second-order valence-corrected chi connectivity index (χ2v) is 8.25. The molecule has 0 bridgehead atoms. The summed E-state index contributed by atoms with van der Waals surface area (Å²) in [7, 11) is 0. The minimum absolute atomic E-state index is 0.0107. The van der Waals surface area contributed by atoms with Crippen LogP contribution < -0.4 is 0 Å². The maximum absolute atomic E-state index is 11.9. The Morgan fingerprint density at radius 2 is 1.28 bits per heavy atom. The predicted octanol–water partition coefficient (Wildman–Crippen LogP) is 7.82. The van der Waals surface area contributed by atoms with Crippen LogP contribution in [0.5, 0.6) is 0 Å². The first kappa shape index (κ1) is 24.9. The van der Waals surface area contributed by atoms with Crippen LogP contribution >= 0.6 is 15.9 Å². The molecule has 0 aliphatic carbocycles. The van der Waals surface area contributed by atoms with E-state index < -0.39 is 0 Å². The van der Waals surface area contributed by atoms with Gasteiger partial charge in [0.1, 0.15) is 0 Å². The molecule has 3 heteroatoms. The van der Waals surface area contributed by atoms with Crippen LogP contribution in [0.2, 0.25) is 0 Å². The Labute approximate surface area is 166 Å². The maximum Gasteiger partial charge on any atom is 0.305 e. The fraction of sp³-hybridized carbons (Fsp3) is 0.955. The van der Waals surface area contributed by atoms with Gasteiger partial charge in [-0.25, -0.2) is 0 Å². The van der Waals surface area contributed by atoms with Crippen LogP contribution in [0, 0.1) is 5.92 Å². The van der Waals surface area contributed by atoms with Gasteiger partial charge in [-0.1, -0.05) is 100 Å². The highest BCUT2D eigenvalue weighted by molar-refractivity contribution is 9.09. The summed E-state index contributed by atoms with van der Waals surface area (Å²) in [5.41, 5.74) is 0. The molecule has 0 rings (SSSR count). The van der Waals surface area contributed by atoms with Crippen molar-refractivity contribution >= 4 is 21.9 Å². The van der Waals surface area contributed by atoms with E-state index >= 15 is 0 Å². The molecule has 0 aromatic rings. The lowest BCUT2D eigenvalue weighted by atomic mass is 9.95. The number of unbranched alkanes of at least 4 members (excludes halogenated alkanes) is 10. The van der Waals surface area contributed by atoms with Gasteiger partial charge in [-0.3, -0.25) is 4.79 Å². The van der Waals surface area contributed by atoms with Crippen molar-refractivity contribution in [3.63, 3.8) is 0 Å². The van der Waals surface area contributed by atoms with E-state index in [-0.39, 0.29) is 5.97 Å². The molecule has 0 aliphatic rings. The number of carbonyl (C=O) groups is 1. The van der Waals surface area contributed by atoms with Crippen LogP contribution in [0.1, 0.15) is 117 Å². The lowest BCUT2D eigenvalue weighted by Crippen LogP contribution is -2.14. The zero-order valence-electron chi connectivity index (χ0n) is 17.0. The fourth-order valence-electron chi connectivity index (χ4n) is 3.21. The average Bonchev–Trinajstić information content (AvgIpc) is 2.62. The monoisotopic (exact) mass is 418 g/mol. The molecule has 0 aromatic carbocycles. The largest absolute Gasteiger partial charge is 0.465 e.